The SMILES string of the molecule is Cc1nn(Cc2ccc(C(=O)Nc3ccc(Nc4ccccc4)cc3)cc2)c(C)c1[N+](=O)[O-]. The molecule has 0 aliphatic heterocycles. The molecule has 8 heteroatoms. The molecule has 0 spiro atoms. The molecule has 33 heavy (non-hydrogen) atoms. The number of nitrogens with one attached hydrogen (secondary N) is 2. The average molecular weight is 441 g/mol. The van der Waals surface area contributed by atoms with Gasteiger partial charge in [-0.3, -0.25) is 19.6 Å². The van der Waals surface area contributed by atoms with E-state index in [-0.39, 0.29) is 11.6 Å². The van der Waals surface area contributed by atoms with Crippen LogP contribution in [0.1, 0.15) is 27.3 Å². The van der Waals surface area contributed by atoms with Crippen molar-refractivity contribution in [3.05, 3.63) is 111 Å². The lowest BCUT2D eigenvalue weighted by atomic mass is 10.1. The highest BCUT2D eigenvalue weighted by Gasteiger charge is 2.21. The summed E-state index contributed by atoms with van der Waals surface area (Å²) >= 11 is 0. The summed E-state index contributed by atoms with van der Waals surface area (Å²) in [5, 5.41) is 21.6. The number of hydrogen-bond acceptors (Lipinski definition) is 5. The first-order valence-corrected chi connectivity index (χ1v) is 10.4. The lowest BCUT2D eigenvalue weighted by Gasteiger charge is -2.09. The Morgan fingerprint density at radius 1 is 0.909 bits per heavy atom. The number of para-hydroxylation sites is 1. The molecule has 0 atom stereocenters. The fourth-order valence-electron chi connectivity index (χ4n) is 3.57. The summed E-state index contributed by atoms with van der Waals surface area (Å²) in [6.45, 7) is 3.69. The maximum absolute atomic E-state index is 12.6. The number of carbonyl (C=O) groups excluding carboxylic acids is 1. The first-order chi connectivity index (χ1) is 15.9. The lowest BCUT2D eigenvalue weighted by molar-refractivity contribution is -0.386. The van der Waals surface area contributed by atoms with Gasteiger partial charge in [-0.15, -0.1) is 0 Å². The van der Waals surface area contributed by atoms with Crippen molar-refractivity contribution in [2.24, 2.45) is 0 Å². The van der Waals surface area contributed by atoms with Crippen LogP contribution in [0.15, 0.2) is 78.9 Å². The number of rotatable bonds is 7. The van der Waals surface area contributed by atoms with Crippen LogP contribution in [0.25, 0.3) is 0 Å². The zero-order chi connectivity index (χ0) is 23.4. The van der Waals surface area contributed by atoms with E-state index in [9.17, 15) is 14.9 Å². The summed E-state index contributed by atoms with van der Waals surface area (Å²) < 4.78 is 1.60. The Bertz CT molecular complexity index is 1280. The van der Waals surface area contributed by atoms with E-state index in [1.807, 2.05) is 66.7 Å². The van der Waals surface area contributed by atoms with Gasteiger partial charge in [-0.1, -0.05) is 30.3 Å². The quantitative estimate of drug-likeness (QED) is 0.293. The Morgan fingerprint density at radius 2 is 1.52 bits per heavy atom. The largest absolute Gasteiger partial charge is 0.356 e. The normalized spacial score (nSPS) is 10.6. The zero-order valence-electron chi connectivity index (χ0n) is 18.3. The Kier molecular flexibility index (Phi) is 6.17. The predicted octanol–water partition coefficient (Wildman–Crippen LogP) is 5.45. The zero-order valence-corrected chi connectivity index (χ0v) is 18.3. The molecule has 4 aromatic rings. The number of amides is 1. The summed E-state index contributed by atoms with van der Waals surface area (Å²) in [5.74, 6) is -0.216. The van der Waals surface area contributed by atoms with Gasteiger partial charge in [-0.05, 0) is 67.9 Å². The van der Waals surface area contributed by atoms with Gasteiger partial charge in [-0.25, -0.2) is 0 Å². The molecule has 0 unspecified atom stereocenters. The molecule has 2 N–H and O–H groups in total. The maximum Gasteiger partial charge on any atom is 0.312 e. The van der Waals surface area contributed by atoms with Crippen molar-refractivity contribution in [1.29, 1.82) is 0 Å². The van der Waals surface area contributed by atoms with Gasteiger partial charge in [0, 0.05) is 22.6 Å². The molecule has 0 radical (unpaired) electrons. The molecule has 1 aromatic heterocycles. The standard InChI is InChI=1S/C25H23N5O3/c1-17-24(30(32)33)18(2)29(28-17)16-19-8-10-20(11-9-19)25(31)27-23-14-12-22(13-15-23)26-21-6-4-3-5-7-21/h3-15,26H,16H2,1-2H3,(H,27,31). The van der Waals surface area contributed by atoms with E-state index in [0.29, 0.717) is 29.2 Å². The van der Waals surface area contributed by atoms with E-state index in [1.165, 1.54) is 0 Å². The molecule has 0 bridgehead atoms. The van der Waals surface area contributed by atoms with Crippen molar-refractivity contribution >= 4 is 28.7 Å². The molecule has 0 saturated carbocycles. The smallest absolute Gasteiger partial charge is 0.312 e. The molecular formula is C25H23N5O3. The van der Waals surface area contributed by atoms with Crippen LogP contribution in [0.4, 0.5) is 22.7 Å². The number of benzene rings is 3. The van der Waals surface area contributed by atoms with E-state index in [2.05, 4.69) is 15.7 Å². The second kappa shape index (κ2) is 9.35. The number of nitrogens with zero attached hydrogens (tertiary/aromatic N) is 3. The monoisotopic (exact) mass is 441 g/mol. The van der Waals surface area contributed by atoms with E-state index in [1.54, 1.807) is 30.7 Å². The van der Waals surface area contributed by atoms with E-state index in [4.69, 9.17) is 0 Å². The van der Waals surface area contributed by atoms with E-state index >= 15 is 0 Å². The van der Waals surface area contributed by atoms with Crippen LogP contribution < -0.4 is 10.6 Å². The highest BCUT2D eigenvalue weighted by atomic mass is 16.6. The van der Waals surface area contributed by atoms with Crippen molar-refractivity contribution in [2.75, 3.05) is 10.6 Å². The molecular weight excluding hydrogens is 418 g/mol. The summed E-state index contributed by atoms with van der Waals surface area (Å²) in [6.07, 6.45) is 0. The first-order valence-electron chi connectivity index (χ1n) is 10.4. The van der Waals surface area contributed by atoms with Crippen LogP contribution in [-0.4, -0.2) is 20.6 Å². The molecule has 1 heterocycles. The van der Waals surface area contributed by atoms with Gasteiger partial charge in [-0.2, -0.15) is 5.10 Å². The highest BCUT2D eigenvalue weighted by Crippen LogP contribution is 2.23. The first kappa shape index (κ1) is 21.8. The molecule has 166 valence electrons. The number of carbonyl (C=O) groups is 1. The van der Waals surface area contributed by atoms with Crippen molar-refractivity contribution in [3.63, 3.8) is 0 Å². The molecule has 0 saturated heterocycles. The van der Waals surface area contributed by atoms with Crippen LogP contribution in [0, 0.1) is 24.0 Å². The third kappa shape index (κ3) is 5.07. The molecule has 4 rings (SSSR count). The minimum atomic E-state index is -0.411. The van der Waals surface area contributed by atoms with Crippen LogP contribution in [0.2, 0.25) is 0 Å². The van der Waals surface area contributed by atoms with E-state index < -0.39 is 4.92 Å². The summed E-state index contributed by atoms with van der Waals surface area (Å²) in [6, 6.07) is 24.4. The fourth-order valence-corrected chi connectivity index (χ4v) is 3.57. The van der Waals surface area contributed by atoms with Gasteiger partial charge in [0.2, 0.25) is 0 Å². The van der Waals surface area contributed by atoms with Crippen molar-refractivity contribution in [2.45, 2.75) is 20.4 Å². The van der Waals surface area contributed by atoms with Crippen molar-refractivity contribution < 1.29 is 9.72 Å². The van der Waals surface area contributed by atoms with Crippen molar-refractivity contribution in [3.8, 4) is 0 Å². The van der Waals surface area contributed by atoms with Crippen molar-refractivity contribution in [1.82, 2.24) is 9.78 Å². The Morgan fingerprint density at radius 3 is 2.12 bits per heavy atom. The summed E-state index contributed by atoms with van der Waals surface area (Å²) in [4.78, 5) is 23.4. The minimum Gasteiger partial charge on any atom is -0.356 e. The van der Waals surface area contributed by atoms with Gasteiger partial charge in [0.05, 0.1) is 11.5 Å². The second-order valence-electron chi connectivity index (χ2n) is 7.65. The van der Waals surface area contributed by atoms with Gasteiger partial charge >= 0.3 is 5.69 Å². The fraction of sp³-hybridized carbons (Fsp3) is 0.120. The Balaban J connectivity index is 1.38. The lowest BCUT2D eigenvalue weighted by Crippen LogP contribution is -2.12. The third-order valence-electron chi connectivity index (χ3n) is 5.28. The second-order valence-corrected chi connectivity index (χ2v) is 7.65. The van der Waals surface area contributed by atoms with E-state index in [0.717, 1.165) is 16.9 Å². The van der Waals surface area contributed by atoms with Crippen LogP contribution in [0.3, 0.4) is 0 Å². The number of nitro groups is 1. The van der Waals surface area contributed by atoms with Crippen LogP contribution in [-0.2, 0) is 6.54 Å². The summed E-state index contributed by atoms with van der Waals surface area (Å²) in [5.41, 5.74) is 4.95. The minimum absolute atomic E-state index is 0.0379. The Labute approximate surface area is 191 Å². The molecule has 0 fully saturated rings. The molecule has 1 amide bonds. The number of aryl methyl sites for hydroxylation is 1. The number of aromatic nitrogens is 2. The highest BCUT2D eigenvalue weighted by molar-refractivity contribution is 6.04. The predicted molar refractivity (Wildman–Crippen MR) is 128 cm³/mol. The van der Waals surface area contributed by atoms with Gasteiger partial charge < -0.3 is 10.6 Å². The Hall–Kier alpha value is -4.46. The van der Waals surface area contributed by atoms with Gasteiger partial charge in [0.1, 0.15) is 11.4 Å². The maximum atomic E-state index is 12.6. The molecule has 8 nitrogen and oxygen atoms in total. The van der Waals surface area contributed by atoms with Crippen LogP contribution >= 0.6 is 0 Å². The molecule has 0 aliphatic rings. The molecule has 0 aliphatic carbocycles. The van der Waals surface area contributed by atoms with Crippen LogP contribution in [0.5, 0.6) is 0 Å². The summed E-state index contributed by atoms with van der Waals surface area (Å²) in [7, 11) is 0. The topological polar surface area (TPSA) is 102 Å². The van der Waals surface area contributed by atoms with Gasteiger partial charge in [0.15, 0.2) is 0 Å². The number of anilines is 3. The van der Waals surface area contributed by atoms with Gasteiger partial charge in [0.25, 0.3) is 5.91 Å². The average Bonchev–Trinajstić information content (AvgIpc) is 3.09. The number of hydrogen-bond donors (Lipinski definition) is 2. The molecule has 3 aromatic carbocycles. The third-order valence-corrected chi connectivity index (χ3v) is 5.28.